The maximum absolute atomic E-state index is 12.1. The molecule has 132 valence electrons. The fourth-order valence-electron chi connectivity index (χ4n) is 3.18. The Balaban J connectivity index is 2.26. The van der Waals surface area contributed by atoms with E-state index in [1.54, 1.807) is 0 Å². The average Bonchev–Trinajstić information content (AvgIpc) is 3.01. The predicted octanol–water partition coefficient (Wildman–Crippen LogP) is 6.59. The Morgan fingerprint density at radius 2 is 1.96 bits per heavy atom. The summed E-state index contributed by atoms with van der Waals surface area (Å²) in [6.07, 6.45) is 18.1. The summed E-state index contributed by atoms with van der Waals surface area (Å²) in [6, 6.07) is 0. The molecule has 1 saturated carbocycles. The van der Waals surface area contributed by atoms with E-state index in [0.29, 0.717) is 16.4 Å². The molecule has 0 aromatic rings. The van der Waals surface area contributed by atoms with E-state index in [9.17, 15) is 4.79 Å². The molecule has 1 rings (SSSR count). The molecule has 0 amide bonds. The summed E-state index contributed by atoms with van der Waals surface area (Å²) in [4.78, 5) is 12.1. The van der Waals surface area contributed by atoms with E-state index in [2.05, 4.69) is 46.1 Å². The van der Waals surface area contributed by atoms with Crippen LogP contribution < -0.4 is 0 Å². The van der Waals surface area contributed by atoms with Gasteiger partial charge in [-0.2, -0.15) is 11.8 Å². The largest absolute Gasteiger partial charge is 0.295 e. The third kappa shape index (κ3) is 8.79. The number of hydrogen-bond donors (Lipinski definition) is 0. The first-order valence-corrected chi connectivity index (χ1v) is 10.5. The number of ketones is 1. The molecule has 1 nitrogen and oxygen atoms in total. The minimum Gasteiger partial charge on any atom is -0.295 e. The van der Waals surface area contributed by atoms with Gasteiger partial charge in [-0.3, -0.25) is 4.79 Å². The minimum absolute atomic E-state index is 0.303. The highest BCUT2D eigenvalue weighted by molar-refractivity contribution is 7.99. The number of carbonyl (C=O) groups excluding carboxylic acids is 1. The quantitative estimate of drug-likeness (QED) is 0.331. The molecule has 0 heterocycles. The van der Waals surface area contributed by atoms with Crippen LogP contribution in [-0.2, 0) is 4.79 Å². The number of carbonyl (C=O) groups is 1. The van der Waals surface area contributed by atoms with Gasteiger partial charge in [-0.05, 0) is 56.4 Å². The lowest BCUT2D eigenvalue weighted by molar-refractivity contribution is -0.118. The van der Waals surface area contributed by atoms with E-state index in [1.165, 1.54) is 32.1 Å². The maximum Gasteiger partial charge on any atom is 0.159 e. The monoisotopic (exact) mass is 336 g/mol. The van der Waals surface area contributed by atoms with Gasteiger partial charge in [-0.15, -0.1) is 0 Å². The molecule has 1 unspecified atom stereocenters. The van der Waals surface area contributed by atoms with Gasteiger partial charge in [0.1, 0.15) is 0 Å². The van der Waals surface area contributed by atoms with Crippen LogP contribution in [0.2, 0.25) is 0 Å². The van der Waals surface area contributed by atoms with Crippen LogP contribution >= 0.6 is 11.8 Å². The number of hydrogen-bond acceptors (Lipinski definition) is 2. The zero-order valence-corrected chi connectivity index (χ0v) is 16.7. The Bertz CT molecular complexity index is 414. The van der Waals surface area contributed by atoms with Crippen molar-refractivity contribution >= 4 is 17.5 Å². The first kappa shape index (κ1) is 20.5. The molecule has 2 heteroatoms. The zero-order chi connectivity index (χ0) is 17.3. The van der Waals surface area contributed by atoms with Crippen LogP contribution in [0.25, 0.3) is 0 Å². The average molecular weight is 337 g/mol. The van der Waals surface area contributed by atoms with Gasteiger partial charge < -0.3 is 0 Å². The Kier molecular flexibility index (Phi) is 9.27. The van der Waals surface area contributed by atoms with Crippen LogP contribution in [0.1, 0.15) is 79.1 Å². The van der Waals surface area contributed by atoms with E-state index in [-0.39, 0.29) is 0 Å². The lowest BCUT2D eigenvalue weighted by Gasteiger charge is -2.22. The van der Waals surface area contributed by atoms with Gasteiger partial charge in [0.15, 0.2) is 5.78 Å². The standard InChI is InChI=1S/C21H36OS/c1-17(12-9-15-21(3,4)23-5)10-8-11-18(2)16-20(22)19-13-6-7-14-19/h8,11,16-17,19H,6-7,9-10,12-15H2,1-5H3/b11-8+,18-16+. The Morgan fingerprint density at radius 1 is 1.30 bits per heavy atom. The highest BCUT2D eigenvalue weighted by Crippen LogP contribution is 2.29. The summed E-state index contributed by atoms with van der Waals surface area (Å²) in [6.45, 7) is 9.05. The molecular weight excluding hydrogens is 300 g/mol. The van der Waals surface area contributed by atoms with Crippen molar-refractivity contribution in [3.63, 3.8) is 0 Å². The van der Waals surface area contributed by atoms with Crippen molar-refractivity contribution in [2.45, 2.75) is 83.8 Å². The minimum atomic E-state index is 0.303. The molecule has 1 aliphatic carbocycles. The lowest BCUT2D eigenvalue weighted by Crippen LogP contribution is -2.13. The fourth-order valence-corrected chi connectivity index (χ4v) is 3.53. The highest BCUT2D eigenvalue weighted by Gasteiger charge is 2.20. The summed E-state index contributed by atoms with van der Waals surface area (Å²) in [5.74, 6) is 1.37. The number of thioether (sulfide) groups is 1. The molecule has 0 radical (unpaired) electrons. The summed E-state index contributed by atoms with van der Waals surface area (Å²) < 4.78 is 0.412. The summed E-state index contributed by atoms with van der Waals surface area (Å²) in [7, 11) is 0. The fraction of sp³-hybridized carbons (Fsp3) is 0.762. The van der Waals surface area contributed by atoms with Crippen LogP contribution in [0.4, 0.5) is 0 Å². The zero-order valence-electron chi connectivity index (χ0n) is 15.9. The SMILES string of the molecule is CSC(C)(C)CCCC(C)C/C=C/C(C)=C/C(=O)C1CCCC1. The van der Waals surface area contributed by atoms with Crippen LogP contribution in [0, 0.1) is 11.8 Å². The van der Waals surface area contributed by atoms with Crippen LogP contribution in [0.5, 0.6) is 0 Å². The Morgan fingerprint density at radius 3 is 2.57 bits per heavy atom. The molecule has 0 bridgehead atoms. The van der Waals surface area contributed by atoms with Crippen molar-refractivity contribution in [3.05, 3.63) is 23.8 Å². The lowest BCUT2D eigenvalue weighted by atomic mass is 9.96. The summed E-state index contributed by atoms with van der Waals surface area (Å²) in [5.41, 5.74) is 1.11. The van der Waals surface area contributed by atoms with Gasteiger partial charge in [0, 0.05) is 10.7 Å². The summed E-state index contributed by atoms with van der Waals surface area (Å²) in [5, 5.41) is 0. The predicted molar refractivity (Wildman–Crippen MR) is 105 cm³/mol. The Labute approximate surface area is 148 Å². The molecule has 0 aromatic heterocycles. The third-order valence-electron chi connectivity index (χ3n) is 5.08. The number of rotatable bonds is 10. The third-order valence-corrected chi connectivity index (χ3v) is 6.38. The molecule has 0 spiro atoms. The molecule has 1 fully saturated rings. The molecule has 0 saturated heterocycles. The second kappa shape index (κ2) is 10.4. The number of allylic oxidation sites excluding steroid dienone is 4. The smallest absolute Gasteiger partial charge is 0.159 e. The first-order valence-electron chi connectivity index (χ1n) is 9.28. The van der Waals surface area contributed by atoms with Gasteiger partial charge in [-0.25, -0.2) is 0 Å². The van der Waals surface area contributed by atoms with Crippen molar-refractivity contribution in [3.8, 4) is 0 Å². The van der Waals surface area contributed by atoms with E-state index in [4.69, 9.17) is 0 Å². The van der Waals surface area contributed by atoms with E-state index < -0.39 is 0 Å². The van der Waals surface area contributed by atoms with Crippen LogP contribution in [0.15, 0.2) is 23.8 Å². The second-order valence-corrected chi connectivity index (χ2v) is 9.38. The molecule has 0 aliphatic heterocycles. The second-order valence-electron chi connectivity index (χ2n) is 7.87. The molecule has 0 aromatic carbocycles. The maximum atomic E-state index is 12.1. The van der Waals surface area contributed by atoms with Crippen molar-refractivity contribution < 1.29 is 4.79 Å². The van der Waals surface area contributed by atoms with Gasteiger partial charge in [0.05, 0.1) is 0 Å². The van der Waals surface area contributed by atoms with E-state index in [0.717, 1.165) is 30.8 Å². The molecule has 1 atom stereocenters. The van der Waals surface area contributed by atoms with Crippen LogP contribution in [-0.4, -0.2) is 16.8 Å². The van der Waals surface area contributed by atoms with Crippen LogP contribution in [0.3, 0.4) is 0 Å². The van der Waals surface area contributed by atoms with Gasteiger partial charge in [0.25, 0.3) is 0 Å². The van der Waals surface area contributed by atoms with E-state index in [1.807, 2.05) is 17.8 Å². The topological polar surface area (TPSA) is 17.1 Å². The van der Waals surface area contributed by atoms with Crippen molar-refractivity contribution in [1.29, 1.82) is 0 Å². The van der Waals surface area contributed by atoms with Crippen molar-refractivity contribution in [2.24, 2.45) is 11.8 Å². The summed E-state index contributed by atoms with van der Waals surface area (Å²) >= 11 is 1.96. The molecule has 1 aliphatic rings. The van der Waals surface area contributed by atoms with Crippen molar-refractivity contribution in [1.82, 2.24) is 0 Å². The van der Waals surface area contributed by atoms with E-state index >= 15 is 0 Å². The van der Waals surface area contributed by atoms with Gasteiger partial charge >= 0.3 is 0 Å². The molecule has 0 N–H and O–H groups in total. The molecular formula is C21H36OS. The van der Waals surface area contributed by atoms with Gasteiger partial charge in [-0.1, -0.05) is 58.6 Å². The first-order chi connectivity index (χ1) is 10.8. The van der Waals surface area contributed by atoms with Crippen molar-refractivity contribution in [2.75, 3.05) is 6.26 Å². The molecule has 23 heavy (non-hydrogen) atoms. The Hall–Kier alpha value is -0.500. The highest BCUT2D eigenvalue weighted by atomic mass is 32.2. The van der Waals surface area contributed by atoms with Gasteiger partial charge in [0.2, 0.25) is 0 Å². The normalized spacial score (nSPS) is 18.7.